The van der Waals surface area contributed by atoms with Gasteiger partial charge in [-0.2, -0.15) is 0 Å². The zero-order valence-electron chi connectivity index (χ0n) is 16.5. The number of aromatic nitrogens is 2. The Morgan fingerprint density at radius 2 is 2.10 bits per heavy atom. The zero-order chi connectivity index (χ0) is 20.8. The molecule has 2 aromatic rings. The first-order chi connectivity index (χ1) is 14.0. The molecule has 156 valence electrons. The zero-order valence-corrected chi connectivity index (χ0v) is 16.5. The Morgan fingerprint density at radius 1 is 1.31 bits per heavy atom. The molecular formula is C20H27FN6O2. The molecule has 0 saturated heterocycles. The van der Waals surface area contributed by atoms with Crippen molar-refractivity contribution in [3.63, 3.8) is 0 Å². The van der Waals surface area contributed by atoms with E-state index in [1.165, 1.54) is 0 Å². The van der Waals surface area contributed by atoms with Crippen LogP contribution in [0.5, 0.6) is 5.88 Å². The van der Waals surface area contributed by atoms with E-state index >= 15 is 0 Å². The number of halogens is 1. The summed E-state index contributed by atoms with van der Waals surface area (Å²) in [6.07, 6.45) is 6.22. The first kappa shape index (κ1) is 20.8. The summed E-state index contributed by atoms with van der Waals surface area (Å²) < 4.78 is 20.1. The molecule has 0 aromatic carbocycles. The summed E-state index contributed by atoms with van der Waals surface area (Å²) in [5.41, 5.74) is 12.1. The smallest absolute Gasteiger partial charge is 0.252 e. The van der Waals surface area contributed by atoms with Crippen LogP contribution < -0.4 is 26.8 Å². The van der Waals surface area contributed by atoms with Crippen LogP contribution in [-0.2, 0) is 0 Å². The SMILES string of the molecule is CCCOc1cc(Nc2nc(NC3CCCC[C@@H]3N)c(F)cc2C(N)=O)ccn1. The van der Waals surface area contributed by atoms with Crippen LogP contribution in [-0.4, -0.2) is 34.6 Å². The first-order valence-electron chi connectivity index (χ1n) is 9.86. The third kappa shape index (κ3) is 5.32. The molecule has 29 heavy (non-hydrogen) atoms. The second kappa shape index (κ2) is 9.51. The monoisotopic (exact) mass is 402 g/mol. The van der Waals surface area contributed by atoms with Crippen molar-refractivity contribution in [1.29, 1.82) is 0 Å². The van der Waals surface area contributed by atoms with Crippen molar-refractivity contribution in [2.75, 3.05) is 17.2 Å². The maximum Gasteiger partial charge on any atom is 0.252 e. The molecule has 1 fully saturated rings. The number of amides is 1. The average Bonchev–Trinajstić information content (AvgIpc) is 2.70. The lowest BCUT2D eigenvalue weighted by atomic mass is 9.91. The van der Waals surface area contributed by atoms with Crippen molar-refractivity contribution in [3.8, 4) is 5.88 Å². The molecule has 9 heteroatoms. The van der Waals surface area contributed by atoms with Crippen LogP contribution >= 0.6 is 0 Å². The Morgan fingerprint density at radius 3 is 2.83 bits per heavy atom. The molecule has 0 bridgehead atoms. The van der Waals surface area contributed by atoms with E-state index in [0.29, 0.717) is 18.2 Å². The van der Waals surface area contributed by atoms with Crippen molar-refractivity contribution in [3.05, 3.63) is 35.8 Å². The van der Waals surface area contributed by atoms with Gasteiger partial charge in [-0.1, -0.05) is 19.8 Å². The third-order valence-electron chi connectivity index (χ3n) is 4.83. The molecule has 2 aromatic heterocycles. The molecule has 1 amide bonds. The lowest BCUT2D eigenvalue weighted by Gasteiger charge is -2.30. The van der Waals surface area contributed by atoms with Crippen LogP contribution in [0, 0.1) is 5.82 Å². The third-order valence-corrected chi connectivity index (χ3v) is 4.83. The van der Waals surface area contributed by atoms with E-state index in [1.807, 2.05) is 6.92 Å². The van der Waals surface area contributed by atoms with E-state index in [2.05, 4.69) is 20.6 Å². The fourth-order valence-electron chi connectivity index (χ4n) is 3.30. The van der Waals surface area contributed by atoms with Gasteiger partial charge >= 0.3 is 0 Å². The van der Waals surface area contributed by atoms with Crippen LogP contribution in [0.4, 0.5) is 21.7 Å². The number of nitrogens with zero attached hydrogens (tertiary/aromatic N) is 2. The van der Waals surface area contributed by atoms with Gasteiger partial charge < -0.3 is 26.8 Å². The minimum atomic E-state index is -0.781. The number of rotatable bonds is 8. The Bertz CT molecular complexity index is 863. The Labute approximate surface area is 169 Å². The van der Waals surface area contributed by atoms with Gasteiger partial charge in [-0.25, -0.2) is 14.4 Å². The lowest BCUT2D eigenvalue weighted by Crippen LogP contribution is -2.43. The van der Waals surface area contributed by atoms with E-state index in [0.717, 1.165) is 38.2 Å². The molecule has 6 N–H and O–H groups in total. The minimum Gasteiger partial charge on any atom is -0.478 e. The Kier molecular flexibility index (Phi) is 6.82. The van der Waals surface area contributed by atoms with E-state index in [9.17, 15) is 9.18 Å². The van der Waals surface area contributed by atoms with E-state index in [-0.39, 0.29) is 29.3 Å². The van der Waals surface area contributed by atoms with E-state index in [4.69, 9.17) is 16.2 Å². The fourth-order valence-corrected chi connectivity index (χ4v) is 3.30. The van der Waals surface area contributed by atoms with E-state index < -0.39 is 11.7 Å². The number of nitrogens with one attached hydrogen (secondary N) is 2. The van der Waals surface area contributed by atoms with Gasteiger partial charge in [0.2, 0.25) is 5.88 Å². The number of carbonyl (C=O) groups is 1. The highest BCUT2D eigenvalue weighted by atomic mass is 19.1. The minimum absolute atomic E-state index is 0.0383. The van der Waals surface area contributed by atoms with Crippen LogP contribution in [0.1, 0.15) is 49.4 Å². The number of hydrogen-bond acceptors (Lipinski definition) is 7. The summed E-state index contributed by atoms with van der Waals surface area (Å²) in [6.45, 7) is 2.53. The van der Waals surface area contributed by atoms with Crippen LogP contribution in [0.3, 0.4) is 0 Å². The Hall–Kier alpha value is -2.94. The van der Waals surface area contributed by atoms with Crippen molar-refractivity contribution >= 4 is 23.2 Å². The second-order valence-corrected chi connectivity index (χ2v) is 7.13. The van der Waals surface area contributed by atoms with Gasteiger partial charge in [0.1, 0.15) is 5.82 Å². The summed E-state index contributed by atoms with van der Waals surface area (Å²) in [5, 5.41) is 6.11. The molecule has 3 rings (SSSR count). The van der Waals surface area contributed by atoms with Crippen LogP contribution in [0.25, 0.3) is 0 Å². The van der Waals surface area contributed by atoms with E-state index in [1.54, 1.807) is 18.3 Å². The summed E-state index contributed by atoms with van der Waals surface area (Å²) in [7, 11) is 0. The van der Waals surface area contributed by atoms with Gasteiger partial charge in [-0.05, 0) is 31.4 Å². The van der Waals surface area contributed by atoms with Gasteiger partial charge in [-0.15, -0.1) is 0 Å². The molecule has 0 spiro atoms. The number of carbonyl (C=O) groups excluding carboxylic acids is 1. The maximum absolute atomic E-state index is 14.6. The highest BCUT2D eigenvalue weighted by molar-refractivity contribution is 5.98. The molecule has 1 saturated carbocycles. The average molecular weight is 402 g/mol. The standard InChI is InChI=1S/C20H27FN6O2/c1-2-9-29-17-10-12(7-8-24-17)25-19-13(18(23)28)11-14(21)20(27-19)26-16-6-4-3-5-15(16)22/h7-8,10-11,15-16H,2-6,9,22H2,1H3,(H2,23,28)(H2,24,25,26,27)/t15-,16?/m0/s1. The molecule has 2 atom stereocenters. The number of anilines is 3. The molecule has 2 heterocycles. The van der Waals surface area contributed by atoms with Crippen LogP contribution in [0.2, 0.25) is 0 Å². The summed E-state index contributed by atoms with van der Waals surface area (Å²) >= 11 is 0. The van der Waals surface area contributed by atoms with Crippen molar-refractivity contribution < 1.29 is 13.9 Å². The van der Waals surface area contributed by atoms with Gasteiger partial charge in [0.15, 0.2) is 11.6 Å². The molecular weight excluding hydrogens is 375 g/mol. The Balaban J connectivity index is 1.87. The number of hydrogen-bond donors (Lipinski definition) is 4. The molecule has 1 unspecified atom stereocenters. The first-order valence-corrected chi connectivity index (χ1v) is 9.86. The largest absolute Gasteiger partial charge is 0.478 e. The molecule has 0 aliphatic heterocycles. The van der Waals surface area contributed by atoms with Crippen molar-refractivity contribution in [1.82, 2.24) is 9.97 Å². The number of pyridine rings is 2. The predicted octanol–water partition coefficient (Wildman–Crippen LogP) is 2.93. The molecule has 0 radical (unpaired) electrons. The summed E-state index contributed by atoms with van der Waals surface area (Å²) in [6, 6.07) is 4.31. The van der Waals surface area contributed by atoms with Gasteiger partial charge in [0.05, 0.1) is 12.2 Å². The maximum atomic E-state index is 14.6. The highest BCUT2D eigenvalue weighted by Gasteiger charge is 2.24. The number of nitrogens with two attached hydrogens (primary N) is 2. The van der Waals surface area contributed by atoms with Gasteiger partial charge in [0, 0.05) is 30.0 Å². The lowest BCUT2D eigenvalue weighted by molar-refractivity contribution is 0.100. The number of primary amides is 1. The number of ether oxygens (including phenoxy) is 1. The van der Waals surface area contributed by atoms with Crippen molar-refractivity contribution in [2.45, 2.75) is 51.1 Å². The normalized spacial score (nSPS) is 18.9. The quantitative estimate of drug-likeness (QED) is 0.534. The molecule has 1 aliphatic carbocycles. The van der Waals surface area contributed by atoms with Gasteiger partial charge in [-0.3, -0.25) is 4.79 Å². The van der Waals surface area contributed by atoms with Crippen LogP contribution in [0.15, 0.2) is 24.4 Å². The second-order valence-electron chi connectivity index (χ2n) is 7.13. The molecule has 8 nitrogen and oxygen atoms in total. The summed E-state index contributed by atoms with van der Waals surface area (Å²) in [4.78, 5) is 20.3. The molecule has 1 aliphatic rings. The predicted molar refractivity (Wildman–Crippen MR) is 110 cm³/mol. The van der Waals surface area contributed by atoms with Gasteiger partial charge in [0.25, 0.3) is 5.91 Å². The summed E-state index contributed by atoms with van der Waals surface area (Å²) in [5.74, 6) is -0.805. The van der Waals surface area contributed by atoms with Crippen molar-refractivity contribution in [2.24, 2.45) is 11.5 Å². The highest BCUT2D eigenvalue weighted by Crippen LogP contribution is 2.27. The topological polar surface area (TPSA) is 128 Å². The fraction of sp³-hybridized carbons (Fsp3) is 0.450.